The van der Waals surface area contributed by atoms with E-state index in [4.69, 9.17) is 42.6 Å². The molecule has 33 heteroatoms. The number of carboxylic acid groups (broad SMARTS) is 4. The minimum Gasteiger partial charge on any atom is -0.494 e. The summed E-state index contributed by atoms with van der Waals surface area (Å²) in [7, 11) is 0. The Bertz CT molecular complexity index is 3930. The number of aryl methyl sites for hydroxylation is 1. The lowest BCUT2D eigenvalue weighted by atomic mass is 9.76. The van der Waals surface area contributed by atoms with E-state index >= 15 is 0 Å². The van der Waals surface area contributed by atoms with Crippen molar-refractivity contribution in [3.05, 3.63) is 77.9 Å². The van der Waals surface area contributed by atoms with Crippen LogP contribution in [0.5, 0.6) is 11.5 Å². The Morgan fingerprint density at radius 1 is 0.379 bits per heavy atom. The summed E-state index contributed by atoms with van der Waals surface area (Å²) in [6.45, 7) is 7.09. The van der Waals surface area contributed by atoms with Crippen LogP contribution in [0.25, 0.3) is 0 Å². The van der Waals surface area contributed by atoms with E-state index in [0.29, 0.717) is 192 Å². The fourth-order valence-corrected chi connectivity index (χ4v) is 15.6. The topological polar surface area (TPSA) is 565 Å². The summed E-state index contributed by atoms with van der Waals surface area (Å²) >= 11 is 0. The van der Waals surface area contributed by atoms with Gasteiger partial charge >= 0.3 is 23.9 Å². The third-order valence-electron chi connectivity index (χ3n) is 24.2. The van der Waals surface area contributed by atoms with Gasteiger partial charge in [0.25, 0.3) is 0 Å². The van der Waals surface area contributed by atoms with Crippen molar-refractivity contribution in [2.75, 3.05) is 39.4 Å². The minimum absolute atomic E-state index is 0.00715. The molecule has 1 heterocycles. The summed E-state index contributed by atoms with van der Waals surface area (Å²) in [6, 6.07) is 8.41. The van der Waals surface area contributed by atoms with Gasteiger partial charge in [0.15, 0.2) is 0 Å². The molecule has 3 aromatic rings. The second-order valence-electron chi connectivity index (χ2n) is 36.1. The van der Waals surface area contributed by atoms with Crippen molar-refractivity contribution in [3.8, 4) is 11.5 Å². The number of aromatic amines is 1. The Balaban J connectivity index is 1.26. The van der Waals surface area contributed by atoms with Crippen LogP contribution < -0.4 is 59.0 Å². The number of aromatic nitrogens is 2. The van der Waals surface area contributed by atoms with Crippen molar-refractivity contribution in [3.63, 3.8) is 0 Å². The number of benzene rings is 2. The number of carbonyl (C=O) groups is 16. The standard InChI is InChI=1S/C99H157N11O22/c1-70(111)73(34-24-28-59-106-94(122)85(103)41-27-31-61-108-93(121)83(101)39-20-16-19-36-77(112)51-56-86(98(129)130)110-91(119)43-23-13-9-5-7-11-15-33-63-132-81-54-46-72(47-55-81)96(125)126)65-88(116)74(66-89(117)99(2,3)67-79(114)50-49-76-68-104-69-109-76)35-25-29-60-107-92(120)84(102)40-21-17-22-42-87(115)82(100)38-26-30-58-105-90(118)57-48-75(97(127)128)64-78(113)37-18-12-8-4-6-10-14-32-62-131-80-52-44-71(45-53-80)95(123)124/h44-47,52-55,68-69,73-75,82-86H,4-43,48-51,56-67,100-103H2,1-3H3,(H,104,109)(H,105,118)(H,106,122)(H,107,120)(H,108,121)(H,110,119)(H,123,124)(H,125,126)(H,127,128)(H,129,130)/t73-,74-,75-,82+,83+,84+,85+,86+/m1/s1. The lowest BCUT2D eigenvalue weighted by Crippen LogP contribution is -2.42. The summed E-state index contributed by atoms with van der Waals surface area (Å²) in [5, 5.41) is 51.4. The fourth-order valence-electron chi connectivity index (χ4n) is 15.6. The molecule has 18 N–H and O–H groups in total. The SMILES string of the molecule is CC(=O)[C@H](CCCCNC(=O)[C@@H](N)CCCCNC(=O)[C@@H](N)CCCCCC(=O)CC[C@H](NC(=O)CCCCCCCCCCOc1ccc(C(=O)O)cc1)C(=O)O)CC(=O)[C@H](CCCCNC(=O)[C@@H](N)CCCCCC(=O)[C@@H](N)CCCCNC(=O)CC[C@H](CC(=O)CCCCCCCCCCOc1ccc(C(=O)O)cc1)C(=O)O)CC(=O)C(C)(C)CC(=O)CCc1cnc[nH]1. The second kappa shape index (κ2) is 69.8. The molecular formula is C99H157N11O22. The molecule has 0 aliphatic rings. The molecule has 33 nitrogen and oxygen atoms in total. The number of imidazole rings is 1. The zero-order chi connectivity index (χ0) is 97.3. The molecule has 0 saturated carbocycles. The first-order valence-corrected chi connectivity index (χ1v) is 48.6. The van der Waals surface area contributed by atoms with Crippen LogP contribution in [0, 0.1) is 23.2 Å². The Morgan fingerprint density at radius 2 is 0.795 bits per heavy atom. The maximum absolute atomic E-state index is 14.3. The maximum Gasteiger partial charge on any atom is 0.335 e. The summed E-state index contributed by atoms with van der Waals surface area (Å²) in [4.78, 5) is 210. The molecule has 0 aliphatic carbocycles. The van der Waals surface area contributed by atoms with E-state index in [1.807, 2.05) is 0 Å². The van der Waals surface area contributed by atoms with Gasteiger partial charge in [0.2, 0.25) is 29.5 Å². The molecule has 0 spiro atoms. The molecule has 1 aromatic heterocycles. The predicted octanol–water partition coefficient (Wildman–Crippen LogP) is 12.9. The van der Waals surface area contributed by atoms with Crippen LogP contribution in [0.1, 0.15) is 362 Å². The highest BCUT2D eigenvalue weighted by molar-refractivity contribution is 5.95. The second-order valence-corrected chi connectivity index (χ2v) is 36.1. The first-order valence-electron chi connectivity index (χ1n) is 48.6. The zero-order valence-corrected chi connectivity index (χ0v) is 78.9. The number of hydrogen-bond donors (Lipinski definition) is 14. The molecule has 0 bridgehead atoms. The van der Waals surface area contributed by atoms with E-state index in [1.54, 1.807) is 44.3 Å². The molecule has 0 fully saturated rings. The van der Waals surface area contributed by atoms with Crippen molar-refractivity contribution < 1.29 is 107 Å². The highest BCUT2D eigenvalue weighted by Crippen LogP contribution is 2.31. The summed E-state index contributed by atoms with van der Waals surface area (Å²) in [5.41, 5.74) is 25.0. The molecule has 740 valence electrons. The van der Waals surface area contributed by atoms with Gasteiger partial charge in [-0.3, -0.25) is 62.3 Å². The highest BCUT2D eigenvalue weighted by atomic mass is 16.5. The van der Waals surface area contributed by atoms with E-state index < -0.39 is 77.3 Å². The van der Waals surface area contributed by atoms with Crippen LogP contribution in [0.4, 0.5) is 0 Å². The van der Waals surface area contributed by atoms with E-state index in [0.717, 1.165) is 95.6 Å². The van der Waals surface area contributed by atoms with Crippen LogP contribution in [0.3, 0.4) is 0 Å². The number of nitrogens with two attached hydrogens (primary N) is 4. The van der Waals surface area contributed by atoms with Crippen molar-refractivity contribution in [1.29, 1.82) is 0 Å². The number of amides is 5. The van der Waals surface area contributed by atoms with Gasteiger partial charge in [0.1, 0.15) is 58.0 Å². The Labute approximate surface area is 780 Å². The lowest BCUT2D eigenvalue weighted by molar-refractivity contribution is -0.144. The number of carbonyl (C=O) groups excluding carboxylic acids is 12. The molecule has 5 amide bonds. The van der Waals surface area contributed by atoms with Crippen LogP contribution in [0.2, 0.25) is 0 Å². The van der Waals surface area contributed by atoms with Gasteiger partial charge in [-0.05, 0) is 190 Å². The number of unbranched alkanes of at least 4 members (excludes halogenated alkanes) is 22. The molecule has 0 aliphatic heterocycles. The van der Waals surface area contributed by atoms with Gasteiger partial charge < -0.3 is 84.4 Å². The number of nitrogens with zero attached hydrogens (tertiary/aromatic N) is 1. The van der Waals surface area contributed by atoms with Gasteiger partial charge in [0, 0.05) is 126 Å². The average molecular weight is 1850 g/mol. The number of Topliss-reactive ketones (excluding diaryl/α,β-unsaturated/α-hetero) is 7. The monoisotopic (exact) mass is 1850 g/mol. The number of nitrogens with one attached hydrogen (secondary N) is 6. The van der Waals surface area contributed by atoms with Crippen LogP contribution >= 0.6 is 0 Å². The van der Waals surface area contributed by atoms with Crippen molar-refractivity contribution in [2.45, 2.75) is 372 Å². The number of H-pyrrole nitrogens is 1. The normalized spacial score (nSPS) is 13.2. The van der Waals surface area contributed by atoms with Crippen LogP contribution in [-0.4, -0.2) is 194 Å². The van der Waals surface area contributed by atoms with Gasteiger partial charge in [0.05, 0.1) is 60.8 Å². The number of carboxylic acids is 4. The number of ketones is 7. The minimum atomic E-state index is -1.20. The largest absolute Gasteiger partial charge is 0.494 e. The first-order chi connectivity index (χ1) is 63.1. The average Bonchev–Trinajstić information content (AvgIpc) is 0.917. The van der Waals surface area contributed by atoms with Crippen molar-refractivity contribution >= 4 is 93.9 Å². The third-order valence-corrected chi connectivity index (χ3v) is 24.2. The van der Waals surface area contributed by atoms with E-state index in [-0.39, 0.29) is 171 Å². The van der Waals surface area contributed by atoms with E-state index in [9.17, 15) is 86.9 Å². The maximum atomic E-state index is 14.3. The number of rotatable bonds is 85. The molecule has 0 unspecified atom stereocenters. The zero-order valence-electron chi connectivity index (χ0n) is 78.9. The van der Waals surface area contributed by atoms with Gasteiger partial charge in [-0.25, -0.2) is 19.4 Å². The molecule has 3 rings (SSSR count). The van der Waals surface area contributed by atoms with Gasteiger partial charge in [-0.2, -0.15) is 0 Å². The quantitative estimate of drug-likeness (QED) is 0.0233. The Kier molecular flexibility index (Phi) is 61.4. The molecule has 2 aromatic carbocycles. The summed E-state index contributed by atoms with van der Waals surface area (Å²) in [5.74, 6) is -8.22. The molecule has 0 radical (unpaired) electrons. The molecule has 0 saturated heterocycles. The number of ether oxygens (including phenoxy) is 2. The van der Waals surface area contributed by atoms with Gasteiger partial charge in [-0.1, -0.05) is 129 Å². The Morgan fingerprint density at radius 3 is 1.25 bits per heavy atom. The fraction of sp³-hybridized carbons (Fsp3) is 0.687. The van der Waals surface area contributed by atoms with Crippen LogP contribution in [0.15, 0.2) is 61.1 Å². The van der Waals surface area contributed by atoms with Crippen molar-refractivity contribution in [2.24, 2.45) is 46.1 Å². The molecule has 8 atom stereocenters. The smallest absolute Gasteiger partial charge is 0.335 e. The highest BCUT2D eigenvalue weighted by Gasteiger charge is 2.35. The molecular weight excluding hydrogens is 1700 g/mol. The third kappa shape index (κ3) is 55.5. The molecule has 132 heavy (non-hydrogen) atoms. The number of aromatic carboxylic acids is 2. The van der Waals surface area contributed by atoms with Crippen LogP contribution in [-0.2, 0) is 73.5 Å². The summed E-state index contributed by atoms with van der Waals surface area (Å²) in [6.07, 6.45) is 29.3. The van der Waals surface area contributed by atoms with E-state index in [2.05, 4.69) is 36.6 Å². The number of hydrogen-bond acceptors (Lipinski definition) is 23. The lowest BCUT2D eigenvalue weighted by Gasteiger charge is -2.26. The van der Waals surface area contributed by atoms with Crippen molar-refractivity contribution in [1.82, 2.24) is 36.6 Å². The Hall–Kier alpha value is -9.99. The predicted molar refractivity (Wildman–Crippen MR) is 502 cm³/mol. The van der Waals surface area contributed by atoms with E-state index in [1.165, 1.54) is 37.5 Å². The number of aliphatic carboxylic acids is 2. The summed E-state index contributed by atoms with van der Waals surface area (Å²) < 4.78 is 11.4. The first kappa shape index (κ1) is 116. The van der Waals surface area contributed by atoms with Gasteiger partial charge in [-0.15, -0.1) is 0 Å².